The largest absolute Gasteiger partial charge is 0.335 e. The van der Waals surface area contributed by atoms with Gasteiger partial charge in [-0.15, -0.1) is 0 Å². The Hall–Kier alpha value is -1.55. The summed E-state index contributed by atoms with van der Waals surface area (Å²) in [6.45, 7) is 2.78. The fourth-order valence-electron chi connectivity index (χ4n) is 2.76. The molecule has 20 heavy (non-hydrogen) atoms. The fourth-order valence-corrected chi connectivity index (χ4v) is 2.76. The van der Waals surface area contributed by atoms with Crippen LogP contribution in [0.2, 0.25) is 0 Å². The van der Waals surface area contributed by atoms with Crippen molar-refractivity contribution in [2.45, 2.75) is 51.6 Å². The molecule has 0 aromatic heterocycles. The first-order valence-electron chi connectivity index (χ1n) is 7.54. The van der Waals surface area contributed by atoms with Gasteiger partial charge in [0.15, 0.2) is 0 Å². The third kappa shape index (κ3) is 4.53. The quantitative estimate of drug-likeness (QED) is 0.741. The van der Waals surface area contributed by atoms with E-state index in [0.29, 0.717) is 12.6 Å². The first-order chi connectivity index (χ1) is 9.67. The predicted octanol–water partition coefficient (Wildman–Crippen LogP) is 3.24. The van der Waals surface area contributed by atoms with E-state index in [1.54, 1.807) is 0 Å². The van der Waals surface area contributed by atoms with E-state index in [4.69, 9.17) is 5.73 Å². The van der Waals surface area contributed by atoms with Crippen molar-refractivity contribution in [3.05, 3.63) is 29.8 Å². The van der Waals surface area contributed by atoms with E-state index >= 15 is 0 Å². The first kappa shape index (κ1) is 14.9. The molecule has 2 amide bonds. The number of carbonyl (C=O) groups is 1. The van der Waals surface area contributed by atoms with Crippen molar-refractivity contribution in [2.75, 3.05) is 5.32 Å². The van der Waals surface area contributed by atoms with Gasteiger partial charge in [-0.2, -0.15) is 0 Å². The number of nitrogens with one attached hydrogen (secondary N) is 2. The Labute approximate surface area is 121 Å². The summed E-state index contributed by atoms with van der Waals surface area (Å²) in [6, 6.07) is 7.85. The Bertz CT molecular complexity index is 447. The molecule has 1 saturated carbocycles. The maximum absolute atomic E-state index is 12.0. The van der Waals surface area contributed by atoms with E-state index in [1.807, 2.05) is 24.3 Å². The molecule has 1 fully saturated rings. The second-order valence-corrected chi connectivity index (χ2v) is 5.81. The van der Waals surface area contributed by atoms with Gasteiger partial charge < -0.3 is 16.4 Å². The Morgan fingerprint density at radius 2 is 2.15 bits per heavy atom. The highest BCUT2D eigenvalue weighted by atomic mass is 16.2. The Morgan fingerprint density at radius 1 is 1.30 bits per heavy atom. The van der Waals surface area contributed by atoms with Crippen molar-refractivity contribution >= 4 is 11.7 Å². The summed E-state index contributed by atoms with van der Waals surface area (Å²) in [5, 5.41) is 5.97. The lowest BCUT2D eigenvalue weighted by molar-refractivity contribution is 0.247. The molecule has 0 radical (unpaired) electrons. The second-order valence-electron chi connectivity index (χ2n) is 5.81. The van der Waals surface area contributed by atoms with Gasteiger partial charge in [0.2, 0.25) is 0 Å². The number of rotatable bonds is 3. The molecule has 0 heterocycles. The van der Waals surface area contributed by atoms with Gasteiger partial charge in [-0.1, -0.05) is 31.9 Å². The minimum absolute atomic E-state index is 0.112. The zero-order chi connectivity index (χ0) is 14.4. The average Bonchev–Trinajstić information content (AvgIpc) is 2.64. The molecule has 4 heteroatoms. The van der Waals surface area contributed by atoms with Crippen LogP contribution in [0, 0.1) is 5.92 Å². The number of anilines is 1. The van der Waals surface area contributed by atoms with Crippen LogP contribution in [0.1, 0.15) is 44.6 Å². The van der Waals surface area contributed by atoms with E-state index in [2.05, 4.69) is 17.6 Å². The van der Waals surface area contributed by atoms with Gasteiger partial charge in [0.1, 0.15) is 0 Å². The highest BCUT2D eigenvalue weighted by molar-refractivity contribution is 5.89. The lowest BCUT2D eigenvalue weighted by atomic mass is 10.0. The van der Waals surface area contributed by atoms with Crippen molar-refractivity contribution < 1.29 is 4.79 Å². The van der Waals surface area contributed by atoms with Gasteiger partial charge in [0, 0.05) is 18.3 Å². The number of carbonyl (C=O) groups excluding carboxylic acids is 1. The molecule has 110 valence electrons. The zero-order valence-corrected chi connectivity index (χ0v) is 12.2. The number of nitrogens with two attached hydrogens (primary N) is 1. The van der Waals surface area contributed by atoms with Gasteiger partial charge >= 0.3 is 6.03 Å². The lowest BCUT2D eigenvalue weighted by Crippen LogP contribution is -2.37. The topological polar surface area (TPSA) is 67.2 Å². The van der Waals surface area contributed by atoms with Crippen molar-refractivity contribution in [3.63, 3.8) is 0 Å². The highest BCUT2D eigenvalue weighted by Crippen LogP contribution is 2.22. The van der Waals surface area contributed by atoms with Gasteiger partial charge in [0.25, 0.3) is 0 Å². The maximum atomic E-state index is 12.0. The summed E-state index contributed by atoms with van der Waals surface area (Å²) in [6.07, 6.45) is 5.85. The summed E-state index contributed by atoms with van der Waals surface area (Å²) >= 11 is 0. The van der Waals surface area contributed by atoms with E-state index < -0.39 is 0 Å². The molecule has 2 atom stereocenters. The summed E-state index contributed by atoms with van der Waals surface area (Å²) in [5.41, 5.74) is 7.42. The van der Waals surface area contributed by atoms with Gasteiger partial charge in [0.05, 0.1) is 0 Å². The number of urea groups is 1. The molecule has 1 aromatic rings. The Kier molecular flexibility index (Phi) is 5.41. The molecular formula is C16H25N3O. The molecule has 1 aliphatic carbocycles. The third-order valence-electron chi connectivity index (χ3n) is 4.01. The van der Waals surface area contributed by atoms with Crippen LogP contribution >= 0.6 is 0 Å². The van der Waals surface area contributed by atoms with Crippen LogP contribution in [0.5, 0.6) is 0 Å². The van der Waals surface area contributed by atoms with E-state index in [9.17, 15) is 4.79 Å². The van der Waals surface area contributed by atoms with Crippen molar-refractivity contribution in [2.24, 2.45) is 11.7 Å². The van der Waals surface area contributed by atoms with Crippen LogP contribution in [-0.4, -0.2) is 12.1 Å². The number of benzene rings is 1. The highest BCUT2D eigenvalue weighted by Gasteiger charge is 2.17. The average molecular weight is 275 g/mol. The molecule has 0 bridgehead atoms. The van der Waals surface area contributed by atoms with Crippen LogP contribution in [-0.2, 0) is 6.54 Å². The number of amides is 2. The Balaban J connectivity index is 1.85. The second kappa shape index (κ2) is 7.29. The molecule has 0 saturated heterocycles. The van der Waals surface area contributed by atoms with Crippen molar-refractivity contribution in [3.8, 4) is 0 Å². The maximum Gasteiger partial charge on any atom is 0.319 e. The predicted molar refractivity (Wildman–Crippen MR) is 82.5 cm³/mol. The fraction of sp³-hybridized carbons (Fsp3) is 0.562. The van der Waals surface area contributed by atoms with Gasteiger partial charge in [-0.05, 0) is 42.9 Å². The minimum Gasteiger partial charge on any atom is -0.335 e. The van der Waals surface area contributed by atoms with Gasteiger partial charge in [-0.3, -0.25) is 0 Å². The molecule has 1 aliphatic rings. The number of hydrogen-bond donors (Lipinski definition) is 3. The van der Waals surface area contributed by atoms with Crippen molar-refractivity contribution in [1.29, 1.82) is 0 Å². The standard InChI is InChI=1S/C16H25N3O/c1-12-4-2-6-14(9-8-12)18-16(20)19-15-7-3-5-13(10-15)11-17/h3,5,7,10,12,14H,2,4,6,8-9,11,17H2,1H3,(H2,18,19,20). The van der Waals surface area contributed by atoms with Crippen molar-refractivity contribution in [1.82, 2.24) is 5.32 Å². The van der Waals surface area contributed by atoms with E-state index in [0.717, 1.165) is 30.0 Å². The van der Waals surface area contributed by atoms with E-state index in [-0.39, 0.29) is 6.03 Å². The summed E-state index contributed by atoms with van der Waals surface area (Å²) in [7, 11) is 0. The van der Waals surface area contributed by atoms with Crippen LogP contribution in [0.3, 0.4) is 0 Å². The molecule has 4 nitrogen and oxygen atoms in total. The molecule has 1 aromatic carbocycles. The number of hydrogen-bond acceptors (Lipinski definition) is 2. The minimum atomic E-state index is -0.112. The molecule has 4 N–H and O–H groups in total. The van der Waals surface area contributed by atoms with Crippen LogP contribution in [0.15, 0.2) is 24.3 Å². The van der Waals surface area contributed by atoms with Gasteiger partial charge in [-0.25, -0.2) is 4.79 Å². The normalized spacial score (nSPS) is 22.9. The third-order valence-corrected chi connectivity index (χ3v) is 4.01. The first-order valence-corrected chi connectivity index (χ1v) is 7.54. The van der Waals surface area contributed by atoms with Crippen LogP contribution in [0.25, 0.3) is 0 Å². The van der Waals surface area contributed by atoms with E-state index in [1.165, 1.54) is 19.3 Å². The van der Waals surface area contributed by atoms with Crippen LogP contribution in [0.4, 0.5) is 10.5 Å². The molecule has 2 rings (SSSR count). The lowest BCUT2D eigenvalue weighted by Gasteiger charge is -2.17. The zero-order valence-electron chi connectivity index (χ0n) is 12.2. The molecular weight excluding hydrogens is 250 g/mol. The summed E-state index contributed by atoms with van der Waals surface area (Å²) in [5.74, 6) is 0.783. The monoisotopic (exact) mass is 275 g/mol. The summed E-state index contributed by atoms with van der Waals surface area (Å²) in [4.78, 5) is 12.0. The Morgan fingerprint density at radius 3 is 2.95 bits per heavy atom. The smallest absolute Gasteiger partial charge is 0.319 e. The molecule has 0 spiro atoms. The summed E-state index contributed by atoms with van der Waals surface area (Å²) < 4.78 is 0. The molecule has 0 aliphatic heterocycles. The molecule has 2 unspecified atom stereocenters. The van der Waals surface area contributed by atoms with Crippen LogP contribution < -0.4 is 16.4 Å². The SMILES string of the molecule is CC1CCCC(NC(=O)Nc2cccc(CN)c2)CC1.